The summed E-state index contributed by atoms with van der Waals surface area (Å²) in [5, 5.41) is 3.51. The number of rotatable bonds is 4. The molecule has 1 N–H and O–H groups in total. The van der Waals surface area contributed by atoms with E-state index in [9.17, 15) is 4.39 Å². The predicted molar refractivity (Wildman–Crippen MR) is 74.9 cm³/mol. The molecule has 0 bridgehead atoms. The van der Waals surface area contributed by atoms with Crippen LogP contribution in [0.5, 0.6) is 5.75 Å². The van der Waals surface area contributed by atoms with Gasteiger partial charge in [0, 0.05) is 37.8 Å². The van der Waals surface area contributed by atoms with Gasteiger partial charge in [-0.25, -0.2) is 4.39 Å². The zero-order valence-corrected chi connectivity index (χ0v) is 11.9. The third kappa shape index (κ3) is 3.45. The zero-order valence-electron chi connectivity index (χ0n) is 11.9. The fourth-order valence-electron chi connectivity index (χ4n) is 2.51. The summed E-state index contributed by atoms with van der Waals surface area (Å²) in [6.07, 6.45) is 0. The third-order valence-electron chi connectivity index (χ3n) is 3.75. The molecule has 1 aromatic rings. The van der Waals surface area contributed by atoms with Gasteiger partial charge in [0.2, 0.25) is 0 Å². The summed E-state index contributed by atoms with van der Waals surface area (Å²) >= 11 is 0. The molecule has 0 aromatic heterocycles. The lowest BCUT2D eigenvalue weighted by molar-refractivity contribution is 0.166. The Morgan fingerprint density at radius 3 is 2.95 bits per heavy atom. The molecular weight excluding hydrogens is 243 g/mol. The Kier molecular flexibility index (Phi) is 4.77. The monoisotopic (exact) mass is 266 g/mol. The van der Waals surface area contributed by atoms with Crippen LogP contribution in [0.2, 0.25) is 0 Å². The summed E-state index contributed by atoms with van der Waals surface area (Å²) in [5.41, 5.74) is 0.712. The highest BCUT2D eigenvalue weighted by atomic mass is 19.1. The fourth-order valence-corrected chi connectivity index (χ4v) is 2.51. The Labute approximate surface area is 114 Å². The van der Waals surface area contributed by atoms with Crippen LogP contribution in [0.1, 0.15) is 19.4 Å². The largest absolute Gasteiger partial charge is 0.494 e. The summed E-state index contributed by atoms with van der Waals surface area (Å²) in [6.45, 7) is 7.97. The maximum absolute atomic E-state index is 14.1. The second-order valence-corrected chi connectivity index (χ2v) is 5.47. The van der Waals surface area contributed by atoms with Gasteiger partial charge >= 0.3 is 0 Å². The van der Waals surface area contributed by atoms with E-state index in [1.807, 2.05) is 12.1 Å². The number of hydrogen-bond donors (Lipinski definition) is 1. The molecule has 19 heavy (non-hydrogen) atoms. The maximum Gasteiger partial charge on any atom is 0.169 e. The summed E-state index contributed by atoms with van der Waals surface area (Å²) < 4.78 is 19.1. The van der Waals surface area contributed by atoms with E-state index in [1.54, 1.807) is 6.07 Å². The van der Waals surface area contributed by atoms with E-state index in [0.717, 1.165) is 19.6 Å². The zero-order chi connectivity index (χ0) is 13.8. The second kappa shape index (κ2) is 6.35. The lowest BCUT2D eigenvalue weighted by atomic mass is 10.0. The average molecular weight is 266 g/mol. The average Bonchev–Trinajstić information content (AvgIpc) is 2.41. The molecule has 1 fully saturated rings. The minimum Gasteiger partial charge on any atom is -0.494 e. The van der Waals surface area contributed by atoms with Crippen molar-refractivity contribution in [1.82, 2.24) is 10.2 Å². The molecule has 0 spiro atoms. The Morgan fingerprint density at radius 1 is 1.47 bits per heavy atom. The molecule has 106 valence electrons. The van der Waals surface area contributed by atoms with E-state index in [4.69, 9.17) is 4.74 Å². The maximum atomic E-state index is 14.1. The topological polar surface area (TPSA) is 24.5 Å². The third-order valence-corrected chi connectivity index (χ3v) is 3.75. The molecule has 0 aliphatic carbocycles. The van der Waals surface area contributed by atoms with Gasteiger partial charge in [-0.3, -0.25) is 4.90 Å². The highest BCUT2D eigenvalue weighted by molar-refractivity contribution is 5.31. The van der Waals surface area contributed by atoms with Crippen molar-refractivity contribution in [3.05, 3.63) is 29.6 Å². The predicted octanol–water partition coefficient (Wildman–Crippen LogP) is 2.26. The number of piperazine rings is 1. The van der Waals surface area contributed by atoms with E-state index >= 15 is 0 Å². The number of benzene rings is 1. The van der Waals surface area contributed by atoms with Gasteiger partial charge < -0.3 is 10.1 Å². The number of methoxy groups -OCH3 is 1. The van der Waals surface area contributed by atoms with Crippen LogP contribution in [0.25, 0.3) is 0 Å². The first-order valence-electron chi connectivity index (χ1n) is 6.89. The number of hydrogen-bond acceptors (Lipinski definition) is 3. The normalized spacial score (nSPS) is 20.8. The Balaban J connectivity index is 2.04. The highest BCUT2D eigenvalue weighted by Gasteiger charge is 2.22. The molecule has 1 saturated heterocycles. The van der Waals surface area contributed by atoms with Crippen molar-refractivity contribution in [3.63, 3.8) is 0 Å². The first-order valence-corrected chi connectivity index (χ1v) is 6.89. The molecule has 1 atom stereocenters. The molecular formula is C15H23FN2O. The molecule has 1 heterocycles. The van der Waals surface area contributed by atoms with E-state index in [1.165, 1.54) is 7.11 Å². The second-order valence-electron chi connectivity index (χ2n) is 5.47. The Bertz CT molecular complexity index is 423. The van der Waals surface area contributed by atoms with Crippen molar-refractivity contribution in [3.8, 4) is 5.75 Å². The van der Waals surface area contributed by atoms with Crippen molar-refractivity contribution in [2.24, 2.45) is 5.92 Å². The van der Waals surface area contributed by atoms with Crippen LogP contribution in [-0.4, -0.2) is 37.7 Å². The van der Waals surface area contributed by atoms with Gasteiger partial charge in [-0.15, -0.1) is 0 Å². The van der Waals surface area contributed by atoms with Crippen LogP contribution in [-0.2, 0) is 6.54 Å². The van der Waals surface area contributed by atoms with Crippen LogP contribution in [0.3, 0.4) is 0 Å². The smallest absolute Gasteiger partial charge is 0.169 e. The van der Waals surface area contributed by atoms with Gasteiger partial charge in [0.15, 0.2) is 11.6 Å². The van der Waals surface area contributed by atoms with Gasteiger partial charge in [-0.05, 0) is 12.0 Å². The van der Waals surface area contributed by atoms with E-state index in [0.29, 0.717) is 29.8 Å². The Morgan fingerprint density at radius 2 is 2.26 bits per heavy atom. The molecule has 2 rings (SSSR count). The van der Waals surface area contributed by atoms with Gasteiger partial charge in [-0.2, -0.15) is 0 Å². The molecule has 1 aliphatic rings. The van der Waals surface area contributed by atoms with Crippen molar-refractivity contribution in [2.75, 3.05) is 26.7 Å². The molecule has 0 radical (unpaired) electrons. The molecule has 4 heteroatoms. The number of nitrogens with one attached hydrogen (secondary N) is 1. The Hall–Kier alpha value is -1.13. The summed E-state index contributed by atoms with van der Waals surface area (Å²) in [4.78, 5) is 2.30. The minimum absolute atomic E-state index is 0.232. The quantitative estimate of drug-likeness (QED) is 0.904. The van der Waals surface area contributed by atoms with Crippen molar-refractivity contribution < 1.29 is 9.13 Å². The SMILES string of the molecule is COc1cccc(CN2CCNC(C(C)C)C2)c1F. The van der Waals surface area contributed by atoms with E-state index < -0.39 is 0 Å². The van der Waals surface area contributed by atoms with Crippen LogP contribution >= 0.6 is 0 Å². The van der Waals surface area contributed by atoms with Crippen LogP contribution < -0.4 is 10.1 Å². The minimum atomic E-state index is -0.232. The molecule has 1 aliphatic heterocycles. The summed E-state index contributed by atoms with van der Waals surface area (Å²) in [6, 6.07) is 5.83. The molecule has 3 nitrogen and oxygen atoms in total. The van der Waals surface area contributed by atoms with Crippen LogP contribution in [0.15, 0.2) is 18.2 Å². The number of halogens is 1. The lowest BCUT2D eigenvalue weighted by Gasteiger charge is -2.35. The molecule has 0 saturated carbocycles. The highest BCUT2D eigenvalue weighted by Crippen LogP contribution is 2.22. The molecule has 0 amide bonds. The fraction of sp³-hybridized carbons (Fsp3) is 0.600. The van der Waals surface area contributed by atoms with Crippen molar-refractivity contribution in [2.45, 2.75) is 26.4 Å². The van der Waals surface area contributed by atoms with Gasteiger partial charge in [0.25, 0.3) is 0 Å². The van der Waals surface area contributed by atoms with Gasteiger partial charge in [0.1, 0.15) is 0 Å². The first-order chi connectivity index (χ1) is 9.11. The number of nitrogens with zero attached hydrogens (tertiary/aromatic N) is 1. The molecule has 1 unspecified atom stereocenters. The van der Waals surface area contributed by atoms with E-state index in [-0.39, 0.29) is 5.82 Å². The summed E-state index contributed by atoms with van der Waals surface area (Å²) in [5.74, 6) is 0.690. The van der Waals surface area contributed by atoms with Crippen LogP contribution in [0.4, 0.5) is 4.39 Å². The standard InChI is InChI=1S/C15H23FN2O/c1-11(2)13-10-18(8-7-17-13)9-12-5-4-6-14(19-3)15(12)16/h4-6,11,13,17H,7-10H2,1-3H3. The first kappa shape index (κ1) is 14.3. The lowest BCUT2D eigenvalue weighted by Crippen LogP contribution is -2.52. The van der Waals surface area contributed by atoms with Crippen LogP contribution in [0, 0.1) is 11.7 Å². The van der Waals surface area contributed by atoms with Gasteiger partial charge in [0.05, 0.1) is 7.11 Å². The summed E-state index contributed by atoms with van der Waals surface area (Å²) in [7, 11) is 1.50. The number of ether oxygens (including phenoxy) is 1. The van der Waals surface area contributed by atoms with E-state index in [2.05, 4.69) is 24.1 Å². The van der Waals surface area contributed by atoms with Crippen molar-refractivity contribution in [1.29, 1.82) is 0 Å². The van der Waals surface area contributed by atoms with Crippen molar-refractivity contribution >= 4 is 0 Å². The molecule has 1 aromatic carbocycles. The van der Waals surface area contributed by atoms with Gasteiger partial charge in [-0.1, -0.05) is 26.0 Å².